The molecule has 0 radical (unpaired) electrons. The minimum Gasteiger partial charge on any atom is -0.331 e. The summed E-state index contributed by atoms with van der Waals surface area (Å²) < 4.78 is 2.10. The maximum Gasteiger partial charge on any atom is 0.323 e. The zero-order chi connectivity index (χ0) is 20.0. The number of hydrogen-bond donors (Lipinski definition) is 1. The third kappa shape index (κ3) is 3.44. The summed E-state index contributed by atoms with van der Waals surface area (Å²) >= 11 is 1.56. The summed E-state index contributed by atoms with van der Waals surface area (Å²) in [4.78, 5) is 23.4. The van der Waals surface area contributed by atoms with E-state index in [2.05, 4.69) is 30.0 Å². The van der Waals surface area contributed by atoms with Crippen molar-refractivity contribution in [2.75, 3.05) is 11.9 Å². The van der Waals surface area contributed by atoms with Crippen molar-refractivity contribution < 1.29 is 4.79 Å². The van der Waals surface area contributed by atoms with Gasteiger partial charge in [0.05, 0.1) is 12.2 Å². The number of nitrogens with one attached hydrogen (secondary N) is 1. The summed E-state index contributed by atoms with van der Waals surface area (Å²) in [6, 6.07) is 7.79. The molecule has 0 saturated carbocycles. The van der Waals surface area contributed by atoms with Crippen molar-refractivity contribution in [2.45, 2.75) is 26.9 Å². The van der Waals surface area contributed by atoms with E-state index in [0.717, 1.165) is 44.4 Å². The zero-order valence-corrected chi connectivity index (χ0v) is 16.9. The molecule has 8 nitrogen and oxygen atoms in total. The van der Waals surface area contributed by atoms with Gasteiger partial charge in [-0.2, -0.15) is 0 Å². The minimum absolute atomic E-state index is 0.167. The zero-order valence-electron chi connectivity index (χ0n) is 16.1. The van der Waals surface area contributed by atoms with E-state index in [-0.39, 0.29) is 6.03 Å². The van der Waals surface area contributed by atoms with Gasteiger partial charge in [0.1, 0.15) is 21.7 Å². The molecule has 4 heterocycles. The first kappa shape index (κ1) is 17.7. The Bertz CT molecular complexity index is 1230. The molecular formula is C20H19N7OS. The molecule has 0 saturated heterocycles. The predicted octanol–water partition coefficient (Wildman–Crippen LogP) is 3.61. The lowest BCUT2D eigenvalue weighted by molar-refractivity contribution is 0.195. The fourth-order valence-corrected chi connectivity index (χ4v) is 4.20. The number of nitrogens with zero attached hydrogens (tertiary/aromatic N) is 6. The van der Waals surface area contributed by atoms with Crippen LogP contribution in [0.15, 0.2) is 36.7 Å². The van der Waals surface area contributed by atoms with E-state index in [1.807, 2.05) is 44.3 Å². The lowest BCUT2D eigenvalue weighted by Crippen LogP contribution is -2.40. The highest BCUT2D eigenvalue weighted by Gasteiger charge is 2.22. The van der Waals surface area contributed by atoms with Crippen LogP contribution in [0.4, 0.5) is 10.6 Å². The summed E-state index contributed by atoms with van der Waals surface area (Å²) in [5, 5.41) is 15.0. The van der Waals surface area contributed by atoms with E-state index in [0.29, 0.717) is 18.9 Å². The van der Waals surface area contributed by atoms with Crippen molar-refractivity contribution in [3.8, 4) is 10.6 Å². The van der Waals surface area contributed by atoms with Gasteiger partial charge in [-0.05, 0) is 31.4 Å². The number of carbonyl (C=O) groups is 1. The molecule has 4 aromatic rings. The van der Waals surface area contributed by atoms with Crippen molar-refractivity contribution >= 4 is 34.0 Å². The predicted molar refractivity (Wildman–Crippen MR) is 112 cm³/mol. The van der Waals surface area contributed by atoms with Crippen molar-refractivity contribution in [2.24, 2.45) is 0 Å². The minimum atomic E-state index is -0.167. The van der Waals surface area contributed by atoms with E-state index in [1.165, 1.54) is 0 Å². The van der Waals surface area contributed by atoms with Crippen LogP contribution in [-0.4, -0.2) is 42.2 Å². The van der Waals surface area contributed by atoms with Gasteiger partial charge >= 0.3 is 6.03 Å². The van der Waals surface area contributed by atoms with Gasteiger partial charge in [0.15, 0.2) is 0 Å². The van der Waals surface area contributed by atoms with E-state index < -0.39 is 0 Å². The van der Waals surface area contributed by atoms with Crippen molar-refractivity contribution in [3.63, 3.8) is 0 Å². The Morgan fingerprint density at radius 2 is 2.03 bits per heavy atom. The molecule has 0 unspecified atom stereocenters. The van der Waals surface area contributed by atoms with Crippen molar-refractivity contribution in [3.05, 3.63) is 53.2 Å². The molecule has 29 heavy (non-hydrogen) atoms. The van der Waals surface area contributed by atoms with Crippen LogP contribution in [0, 0.1) is 13.8 Å². The Balaban J connectivity index is 1.36. The van der Waals surface area contributed by atoms with Gasteiger partial charge in [-0.25, -0.2) is 14.8 Å². The first-order chi connectivity index (χ1) is 14.0. The van der Waals surface area contributed by atoms with Crippen LogP contribution in [0.5, 0.6) is 0 Å². The van der Waals surface area contributed by atoms with E-state index in [9.17, 15) is 4.79 Å². The smallest absolute Gasteiger partial charge is 0.323 e. The van der Waals surface area contributed by atoms with Crippen LogP contribution in [0.3, 0.4) is 0 Å². The molecule has 2 amide bonds. The number of amides is 2. The molecule has 1 N–H and O–H groups in total. The fraction of sp³-hybridized carbons (Fsp3) is 0.250. The first-order valence-corrected chi connectivity index (χ1v) is 10.2. The van der Waals surface area contributed by atoms with Crippen molar-refractivity contribution in [1.29, 1.82) is 0 Å². The van der Waals surface area contributed by atoms with Gasteiger partial charge in [0.2, 0.25) is 0 Å². The second kappa shape index (κ2) is 6.93. The lowest BCUT2D eigenvalue weighted by Gasteiger charge is -2.27. The highest BCUT2D eigenvalue weighted by Crippen LogP contribution is 2.27. The highest BCUT2D eigenvalue weighted by molar-refractivity contribution is 7.14. The van der Waals surface area contributed by atoms with Crippen LogP contribution in [0.2, 0.25) is 0 Å². The van der Waals surface area contributed by atoms with Gasteiger partial charge in [0, 0.05) is 36.4 Å². The average Bonchev–Trinajstić information content (AvgIpc) is 3.31. The maximum absolute atomic E-state index is 12.7. The Kier molecular flexibility index (Phi) is 4.24. The molecule has 5 rings (SSSR count). The number of fused-ring (bicyclic) bond motifs is 2. The third-order valence-electron chi connectivity index (χ3n) is 4.94. The molecule has 146 valence electrons. The molecular weight excluding hydrogens is 386 g/mol. The second-order valence-corrected chi connectivity index (χ2v) is 8.28. The molecule has 0 spiro atoms. The number of rotatable bonds is 2. The quantitative estimate of drug-likeness (QED) is 0.550. The van der Waals surface area contributed by atoms with Crippen LogP contribution in [0.1, 0.15) is 16.5 Å². The molecule has 0 bridgehead atoms. The summed E-state index contributed by atoms with van der Waals surface area (Å²) in [6.07, 6.45) is 3.79. The van der Waals surface area contributed by atoms with Gasteiger partial charge in [-0.1, -0.05) is 23.5 Å². The van der Waals surface area contributed by atoms with Crippen LogP contribution < -0.4 is 5.32 Å². The molecule has 3 aromatic heterocycles. The number of benzene rings is 1. The SMILES string of the molecule is Cc1cn2c(n1)CN(C(=O)Nc1cc3cc(-c4nnc(C)s4)ccc3cn1)CC2. The molecule has 1 aromatic carbocycles. The number of anilines is 1. The number of urea groups is 1. The molecule has 1 aliphatic heterocycles. The Hall–Kier alpha value is -3.33. The number of hydrogen-bond acceptors (Lipinski definition) is 6. The van der Waals surface area contributed by atoms with Crippen molar-refractivity contribution in [1.82, 2.24) is 29.6 Å². The van der Waals surface area contributed by atoms with Crippen LogP contribution >= 0.6 is 11.3 Å². The molecule has 9 heteroatoms. The third-order valence-corrected chi connectivity index (χ3v) is 5.83. The lowest BCUT2D eigenvalue weighted by atomic mass is 10.1. The molecule has 1 aliphatic rings. The van der Waals surface area contributed by atoms with Gasteiger partial charge in [-0.15, -0.1) is 10.2 Å². The number of aryl methyl sites for hydroxylation is 2. The van der Waals surface area contributed by atoms with Crippen LogP contribution in [0.25, 0.3) is 21.3 Å². The van der Waals surface area contributed by atoms with Crippen LogP contribution in [-0.2, 0) is 13.1 Å². The molecule has 0 fully saturated rings. The summed E-state index contributed by atoms with van der Waals surface area (Å²) in [5.74, 6) is 1.44. The number of imidazole rings is 1. The van der Waals surface area contributed by atoms with Gasteiger partial charge in [-0.3, -0.25) is 5.32 Å². The highest BCUT2D eigenvalue weighted by atomic mass is 32.1. The summed E-state index contributed by atoms with van der Waals surface area (Å²) in [5.41, 5.74) is 1.98. The average molecular weight is 405 g/mol. The first-order valence-electron chi connectivity index (χ1n) is 9.34. The largest absolute Gasteiger partial charge is 0.331 e. The molecule has 0 atom stereocenters. The number of aromatic nitrogens is 5. The monoisotopic (exact) mass is 405 g/mol. The van der Waals surface area contributed by atoms with E-state index in [4.69, 9.17) is 0 Å². The number of pyridine rings is 1. The van der Waals surface area contributed by atoms with Gasteiger partial charge in [0.25, 0.3) is 0 Å². The van der Waals surface area contributed by atoms with Gasteiger partial charge < -0.3 is 9.47 Å². The topological polar surface area (TPSA) is 88.8 Å². The fourth-order valence-electron chi connectivity index (χ4n) is 3.51. The molecule has 0 aliphatic carbocycles. The normalized spacial score (nSPS) is 13.5. The Labute approximate surface area is 171 Å². The summed E-state index contributed by atoms with van der Waals surface area (Å²) in [6.45, 7) is 5.79. The Morgan fingerprint density at radius 3 is 2.86 bits per heavy atom. The van der Waals surface area contributed by atoms with E-state index in [1.54, 1.807) is 22.4 Å². The second-order valence-electron chi connectivity index (χ2n) is 7.10. The standard InChI is InChI=1S/C20H19N7OS/c1-12-10-26-5-6-27(11-18(26)22-12)20(28)23-17-8-16-7-14(3-4-15(16)9-21-17)19-25-24-13(2)29-19/h3-4,7-10H,5-6,11H2,1-2H3,(H,21,23,28). The van der Waals surface area contributed by atoms with E-state index >= 15 is 0 Å². The maximum atomic E-state index is 12.7. The number of carbonyl (C=O) groups excluding carboxylic acids is 1. The summed E-state index contributed by atoms with van der Waals surface area (Å²) in [7, 11) is 0. The Morgan fingerprint density at radius 1 is 1.14 bits per heavy atom.